The lowest BCUT2D eigenvalue weighted by Crippen LogP contribution is -2.15. The molecule has 27 heavy (non-hydrogen) atoms. The van der Waals surface area contributed by atoms with Crippen LogP contribution < -0.4 is 5.32 Å². The Hall–Kier alpha value is -2.12. The maximum Gasteiger partial charge on any atom is 0.130 e. The molecule has 146 valence electrons. The first kappa shape index (κ1) is 21.2. The van der Waals surface area contributed by atoms with Gasteiger partial charge in [-0.15, -0.1) is 0 Å². The lowest BCUT2D eigenvalue weighted by Gasteiger charge is -2.19. The van der Waals surface area contributed by atoms with E-state index in [-0.39, 0.29) is 11.2 Å². The van der Waals surface area contributed by atoms with E-state index in [1.165, 1.54) is 37.7 Å². The fourth-order valence-electron chi connectivity index (χ4n) is 3.94. The molecule has 0 radical (unpaired) electrons. The van der Waals surface area contributed by atoms with Crippen LogP contribution in [0.5, 0.6) is 0 Å². The number of carbonyl (C=O) groups excluding carboxylic acids is 1. The molecular formula is C24H32FNO. The van der Waals surface area contributed by atoms with Crippen molar-refractivity contribution >= 4 is 12.0 Å². The van der Waals surface area contributed by atoms with Crippen LogP contribution in [0.4, 0.5) is 4.39 Å². The molecule has 1 aromatic rings. The van der Waals surface area contributed by atoms with Gasteiger partial charge < -0.3 is 5.32 Å². The molecule has 3 heteroatoms. The van der Waals surface area contributed by atoms with Crippen molar-refractivity contribution in [3.8, 4) is 0 Å². The Kier molecular flexibility index (Phi) is 8.06. The van der Waals surface area contributed by atoms with Crippen molar-refractivity contribution in [1.29, 1.82) is 0 Å². The second-order valence-corrected chi connectivity index (χ2v) is 7.69. The van der Waals surface area contributed by atoms with E-state index in [0.717, 1.165) is 31.4 Å². The Morgan fingerprint density at radius 2 is 2.11 bits per heavy atom. The van der Waals surface area contributed by atoms with Gasteiger partial charge in [-0.2, -0.15) is 0 Å². The van der Waals surface area contributed by atoms with E-state index in [1.807, 2.05) is 25.1 Å². The minimum atomic E-state index is -0.190. The summed E-state index contributed by atoms with van der Waals surface area (Å²) in [5, 5.41) is 3.16. The van der Waals surface area contributed by atoms with Gasteiger partial charge in [-0.1, -0.05) is 44.6 Å². The average molecular weight is 370 g/mol. The molecule has 0 bridgehead atoms. The standard InChI is InChI=1S/C24H32FNO/c1-4-20-18-22(12-13-23(20)25)24(15-16-24)14-8-5-6-10-21(19(2)26-3)11-7-9-17-27/h4,9,12-13,18,21,26H,1-2,5-8,10-11,14-16H2,3H3. The van der Waals surface area contributed by atoms with Crippen molar-refractivity contribution in [1.82, 2.24) is 5.32 Å². The van der Waals surface area contributed by atoms with Gasteiger partial charge in [0.15, 0.2) is 0 Å². The first-order valence-electron chi connectivity index (χ1n) is 10.0. The van der Waals surface area contributed by atoms with Crippen LogP contribution in [0.25, 0.3) is 6.08 Å². The van der Waals surface area contributed by atoms with Gasteiger partial charge in [-0.05, 0) is 73.6 Å². The van der Waals surface area contributed by atoms with Gasteiger partial charge in [0.1, 0.15) is 11.8 Å². The maximum atomic E-state index is 13.7. The molecule has 1 unspecified atom stereocenters. The number of allylic oxidation sites excluding steroid dienone is 2. The number of unbranched alkanes of at least 4 members (excludes halogenated alkanes) is 2. The number of nitrogens with one attached hydrogen (secondary N) is 1. The summed E-state index contributed by atoms with van der Waals surface area (Å²) in [4.78, 5) is 10.4. The summed E-state index contributed by atoms with van der Waals surface area (Å²) in [7, 11) is 1.90. The van der Waals surface area contributed by atoms with Crippen molar-refractivity contribution in [2.75, 3.05) is 7.05 Å². The van der Waals surface area contributed by atoms with Crippen molar-refractivity contribution in [3.63, 3.8) is 0 Å². The van der Waals surface area contributed by atoms with E-state index in [0.29, 0.717) is 11.5 Å². The molecule has 1 aliphatic carbocycles. The summed E-state index contributed by atoms with van der Waals surface area (Å²) in [5.41, 5.74) is 3.18. The maximum absolute atomic E-state index is 13.7. The molecule has 1 N–H and O–H groups in total. The van der Waals surface area contributed by atoms with E-state index in [1.54, 1.807) is 18.2 Å². The highest BCUT2D eigenvalue weighted by Crippen LogP contribution is 2.52. The SMILES string of the molecule is C=Cc1cc(C2(CCCCCC(CCC=C=O)C(=C)NC)CC2)ccc1F. The van der Waals surface area contributed by atoms with E-state index < -0.39 is 0 Å². The van der Waals surface area contributed by atoms with Crippen LogP contribution in [0, 0.1) is 11.7 Å². The number of rotatable bonds is 13. The summed E-state index contributed by atoms with van der Waals surface area (Å²) in [6.07, 6.45) is 13.1. The summed E-state index contributed by atoms with van der Waals surface area (Å²) in [6.45, 7) is 7.81. The van der Waals surface area contributed by atoms with Crippen molar-refractivity contribution in [2.24, 2.45) is 5.92 Å². The van der Waals surface area contributed by atoms with Gasteiger partial charge in [0.2, 0.25) is 0 Å². The normalized spacial score (nSPS) is 15.5. The summed E-state index contributed by atoms with van der Waals surface area (Å²) < 4.78 is 13.7. The molecule has 1 atom stereocenters. The van der Waals surface area contributed by atoms with Crippen LogP contribution in [0.1, 0.15) is 68.9 Å². The second-order valence-electron chi connectivity index (χ2n) is 7.69. The molecule has 0 amide bonds. The number of hydrogen-bond acceptors (Lipinski definition) is 2. The van der Waals surface area contributed by atoms with Crippen molar-refractivity contribution in [3.05, 3.63) is 60.1 Å². The highest BCUT2D eigenvalue weighted by molar-refractivity contribution is 5.51. The van der Waals surface area contributed by atoms with Crippen LogP contribution >= 0.6 is 0 Å². The van der Waals surface area contributed by atoms with E-state index in [9.17, 15) is 9.18 Å². The topological polar surface area (TPSA) is 29.1 Å². The largest absolute Gasteiger partial charge is 0.392 e. The van der Waals surface area contributed by atoms with Crippen LogP contribution in [0.2, 0.25) is 0 Å². The molecule has 1 aromatic carbocycles. The third-order valence-corrected chi connectivity index (χ3v) is 5.95. The predicted octanol–water partition coefficient (Wildman–Crippen LogP) is 5.97. The summed E-state index contributed by atoms with van der Waals surface area (Å²) >= 11 is 0. The molecule has 0 heterocycles. The molecule has 0 spiro atoms. The van der Waals surface area contributed by atoms with Crippen LogP contribution in [-0.2, 0) is 10.2 Å². The lowest BCUT2D eigenvalue weighted by atomic mass is 9.88. The smallest absolute Gasteiger partial charge is 0.130 e. The Morgan fingerprint density at radius 1 is 1.33 bits per heavy atom. The van der Waals surface area contributed by atoms with Crippen LogP contribution in [0.3, 0.4) is 0 Å². The molecule has 2 rings (SSSR count). The van der Waals surface area contributed by atoms with E-state index >= 15 is 0 Å². The molecule has 0 saturated heterocycles. The minimum absolute atomic E-state index is 0.190. The molecular weight excluding hydrogens is 337 g/mol. The number of hydrogen-bond donors (Lipinski definition) is 1. The predicted molar refractivity (Wildman–Crippen MR) is 112 cm³/mol. The zero-order valence-electron chi connectivity index (χ0n) is 16.5. The third-order valence-electron chi connectivity index (χ3n) is 5.95. The lowest BCUT2D eigenvalue weighted by molar-refractivity contribution is 0.455. The Labute approximate surface area is 163 Å². The zero-order chi connectivity index (χ0) is 19.7. The third kappa shape index (κ3) is 5.94. The van der Waals surface area contributed by atoms with Gasteiger partial charge in [0.25, 0.3) is 0 Å². The van der Waals surface area contributed by atoms with E-state index in [2.05, 4.69) is 18.5 Å². The summed E-state index contributed by atoms with van der Waals surface area (Å²) in [5.74, 6) is 2.07. The van der Waals surface area contributed by atoms with Crippen molar-refractivity contribution < 1.29 is 9.18 Å². The monoisotopic (exact) mass is 369 g/mol. The quantitative estimate of drug-likeness (QED) is 0.343. The molecule has 0 aliphatic heterocycles. The Morgan fingerprint density at radius 3 is 2.74 bits per heavy atom. The van der Waals surface area contributed by atoms with Crippen LogP contribution in [-0.4, -0.2) is 13.0 Å². The van der Waals surface area contributed by atoms with Gasteiger partial charge in [0, 0.05) is 18.3 Å². The summed E-state index contributed by atoms with van der Waals surface area (Å²) in [6, 6.07) is 5.50. The Bertz CT molecular complexity index is 698. The first-order chi connectivity index (χ1) is 13.1. The first-order valence-corrected chi connectivity index (χ1v) is 10.0. The Balaban J connectivity index is 1.79. The van der Waals surface area contributed by atoms with Gasteiger partial charge in [0.05, 0.1) is 0 Å². The molecule has 1 aliphatic rings. The van der Waals surface area contributed by atoms with Gasteiger partial charge in [-0.3, -0.25) is 0 Å². The highest BCUT2D eigenvalue weighted by atomic mass is 19.1. The van der Waals surface area contributed by atoms with Crippen LogP contribution in [0.15, 0.2) is 43.1 Å². The molecule has 2 nitrogen and oxygen atoms in total. The second kappa shape index (κ2) is 10.3. The van der Waals surface area contributed by atoms with E-state index in [4.69, 9.17) is 0 Å². The zero-order valence-corrected chi connectivity index (χ0v) is 16.5. The molecule has 1 fully saturated rings. The fourth-order valence-corrected chi connectivity index (χ4v) is 3.94. The fraction of sp³-hybridized carbons (Fsp3) is 0.500. The number of benzene rings is 1. The molecule has 1 saturated carbocycles. The van der Waals surface area contributed by atoms with Gasteiger partial charge >= 0.3 is 0 Å². The highest BCUT2D eigenvalue weighted by Gasteiger charge is 2.43. The minimum Gasteiger partial charge on any atom is -0.392 e. The molecule has 0 aromatic heterocycles. The number of halogens is 1. The van der Waals surface area contributed by atoms with Gasteiger partial charge in [-0.25, -0.2) is 9.18 Å². The van der Waals surface area contributed by atoms with Crippen molar-refractivity contribution in [2.45, 2.75) is 63.2 Å². The average Bonchev–Trinajstić information content (AvgIpc) is 3.47.